The van der Waals surface area contributed by atoms with Crippen molar-refractivity contribution in [1.82, 2.24) is 0 Å². The van der Waals surface area contributed by atoms with Crippen molar-refractivity contribution < 1.29 is 14.3 Å². The minimum Gasteiger partial charge on any atom is -0.465 e. The molecule has 0 amide bonds. The first-order chi connectivity index (χ1) is 6.81. The molecule has 0 fully saturated rings. The van der Waals surface area contributed by atoms with Crippen LogP contribution in [0.4, 0.5) is 0 Å². The van der Waals surface area contributed by atoms with Crippen molar-refractivity contribution >= 4 is 28.2 Å². The van der Waals surface area contributed by atoms with E-state index in [9.17, 15) is 9.59 Å². The SMILES string of the molecule is O=CCCCCCCCOC(=O)CBr. The van der Waals surface area contributed by atoms with E-state index in [1.54, 1.807) is 0 Å². The molecule has 0 N–H and O–H groups in total. The van der Waals surface area contributed by atoms with Gasteiger partial charge in [-0.05, 0) is 12.8 Å². The molecule has 0 rings (SSSR count). The fourth-order valence-electron chi connectivity index (χ4n) is 1.08. The van der Waals surface area contributed by atoms with Gasteiger partial charge in [-0.25, -0.2) is 0 Å². The number of hydrogen-bond acceptors (Lipinski definition) is 3. The molecule has 0 atom stereocenters. The highest BCUT2D eigenvalue weighted by Crippen LogP contribution is 2.04. The van der Waals surface area contributed by atoms with Crippen LogP contribution in [0.1, 0.15) is 38.5 Å². The summed E-state index contributed by atoms with van der Waals surface area (Å²) in [5.74, 6) is -0.203. The number of alkyl halides is 1. The average molecular weight is 265 g/mol. The van der Waals surface area contributed by atoms with Crippen LogP contribution in [0.25, 0.3) is 0 Å². The predicted octanol–water partition coefficient (Wildman–Crippen LogP) is 2.46. The number of unbranched alkanes of at least 4 members (excludes halogenated alkanes) is 5. The maximum Gasteiger partial charge on any atom is 0.316 e. The summed E-state index contributed by atoms with van der Waals surface area (Å²) in [6, 6.07) is 0. The summed E-state index contributed by atoms with van der Waals surface area (Å²) in [7, 11) is 0. The molecule has 14 heavy (non-hydrogen) atoms. The third-order valence-corrected chi connectivity index (χ3v) is 2.30. The van der Waals surface area contributed by atoms with Crippen LogP contribution in [0, 0.1) is 0 Å². The van der Waals surface area contributed by atoms with Gasteiger partial charge in [-0.1, -0.05) is 35.2 Å². The van der Waals surface area contributed by atoms with E-state index >= 15 is 0 Å². The van der Waals surface area contributed by atoms with Crippen molar-refractivity contribution in [1.29, 1.82) is 0 Å². The molecule has 4 heteroatoms. The summed E-state index contributed by atoms with van der Waals surface area (Å²) in [4.78, 5) is 20.7. The standard InChI is InChI=1S/C10H17BrO3/c11-9-10(13)14-8-6-4-2-1-3-5-7-12/h7H,1-6,8-9H2. The molecule has 3 nitrogen and oxygen atoms in total. The van der Waals surface area contributed by atoms with E-state index in [1.165, 1.54) is 0 Å². The number of hydrogen-bond donors (Lipinski definition) is 0. The molecular weight excluding hydrogens is 248 g/mol. The number of esters is 1. The quantitative estimate of drug-likeness (QED) is 0.278. The van der Waals surface area contributed by atoms with Crippen molar-refractivity contribution in [2.24, 2.45) is 0 Å². The molecular formula is C10H17BrO3. The minimum atomic E-state index is -0.203. The second-order valence-corrected chi connectivity index (χ2v) is 3.64. The Morgan fingerprint density at radius 2 is 1.79 bits per heavy atom. The lowest BCUT2D eigenvalue weighted by Crippen LogP contribution is -2.06. The number of halogens is 1. The average Bonchev–Trinajstić information content (AvgIpc) is 2.21. The minimum absolute atomic E-state index is 0.203. The summed E-state index contributed by atoms with van der Waals surface area (Å²) < 4.78 is 4.88. The zero-order valence-electron chi connectivity index (χ0n) is 8.34. The van der Waals surface area contributed by atoms with Crippen LogP contribution in [0.5, 0.6) is 0 Å². The second kappa shape index (κ2) is 10.7. The number of aldehydes is 1. The predicted molar refractivity (Wildman–Crippen MR) is 58.5 cm³/mol. The molecule has 0 aliphatic heterocycles. The summed E-state index contributed by atoms with van der Waals surface area (Å²) in [6.45, 7) is 0.512. The van der Waals surface area contributed by atoms with E-state index in [0.29, 0.717) is 13.0 Å². The molecule has 0 aromatic rings. The molecule has 0 unspecified atom stereocenters. The van der Waals surface area contributed by atoms with Gasteiger partial charge in [0.05, 0.1) is 6.61 Å². The number of carbonyl (C=O) groups excluding carboxylic acids is 2. The smallest absolute Gasteiger partial charge is 0.316 e. The summed E-state index contributed by atoms with van der Waals surface area (Å²) in [5.41, 5.74) is 0. The first-order valence-corrected chi connectivity index (χ1v) is 6.08. The monoisotopic (exact) mass is 264 g/mol. The van der Waals surface area contributed by atoms with Gasteiger partial charge in [0.2, 0.25) is 0 Å². The molecule has 0 aliphatic carbocycles. The van der Waals surface area contributed by atoms with E-state index < -0.39 is 0 Å². The summed E-state index contributed by atoms with van der Waals surface area (Å²) in [5, 5.41) is 0.270. The Labute approximate surface area is 93.3 Å². The van der Waals surface area contributed by atoms with Gasteiger partial charge in [0.25, 0.3) is 0 Å². The van der Waals surface area contributed by atoms with Crippen molar-refractivity contribution in [2.75, 3.05) is 11.9 Å². The van der Waals surface area contributed by atoms with Gasteiger partial charge in [-0.15, -0.1) is 0 Å². The molecule has 0 saturated carbocycles. The molecule has 0 heterocycles. The lowest BCUT2D eigenvalue weighted by Gasteiger charge is -2.02. The summed E-state index contributed by atoms with van der Waals surface area (Å²) in [6.07, 6.45) is 6.78. The Balaban J connectivity index is 2.98. The first-order valence-electron chi connectivity index (χ1n) is 4.96. The lowest BCUT2D eigenvalue weighted by molar-refractivity contribution is -0.140. The van der Waals surface area contributed by atoms with Gasteiger partial charge >= 0.3 is 5.97 Å². The van der Waals surface area contributed by atoms with Crippen LogP contribution in [0.15, 0.2) is 0 Å². The molecule has 0 aliphatic rings. The topological polar surface area (TPSA) is 43.4 Å². The Morgan fingerprint density at radius 3 is 2.43 bits per heavy atom. The fraction of sp³-hybridized carbons (Fsp3) is 0.800. The maximum atomic E-state index is 10.7. The van der Waals surface area contributed by atoms with Crippen molar-refractivity contribution in [3.05, 3.63) is 0 Å². The zero-order chi connectivity index (χ0) is 10.6. The highest BCUT2D eigenvalue weighted by Gasteiger charge is 1.97. The third-order valence-electron chi connectivity index (χ3n) is 1.84. The third kappa shape index (κ3) is 9.71. The van der Waals surface area contributed by atoms with Crippen molar-refractivity contribution in [2.45, 2.75) is 38.5 Å². The zero-order valence-corrected chi connectivity index (χ0v) is 9.92. The molecule has 0 spiro atoms. The molecule has 0 bridgehead atoms. The highest BCUT2D eigenvalue weighted by atomic mass is 79.9. The second-order valence-electron chi connectivity index (χ2n) is 3.08. The van der Waals surface area contributed by atoms with Crippen LogP contribution < -0.4 is 0 Å². The Bertz CT molecular complexity index is 159. The van der Waals surface area contributed by atoms with Gasteiger partial charge in [0.1, 0.15) is 11.6 Å². The van der Waals surface area contributed by atoms with Crippen molar-refractivity contribution in [3.63, 3.8) is 0 Å². The van der Waals surface area contributed by atoms with E-state index in [0.717, 1.165) is 38.4 Å². The number of rotatable bonds is 9. The largest absolute Gasteiger partial charge is 0.465 e. The fourth-order valence-corrected chi connectivity index (χ4v) is 1.25. The highest BCUT2D eigenvalue weighted by molar-refractivity contribution is 9.09. The van der Waals surface area contributed by atoms with Gasteiger partial charge < -0.3 is 9.53 Å². The van der Waals surface area contributed by atoms with E-state index in [2.05, 4.69) is 15.9 Å². The van der Waals surface area contributed by atoms with E-state index in [1.807, 2.05) is 0 Å². The Kier molecular flexibility index (Phi) is 10.4. The van der Waals surface area contributed by atoms with Crippen LogP contribution in [-0.4, -0.2) is 24.2 Å². The van der Waals surface area contributed by atoms with Crippen LogP contribution in [0.2, 0.25) is 0 Å². The van der Waals surface area contributed by atoms with Crippen molar-refractivity contribution in [3.8, 4) is 0 Å². The normalized spacial score (nSPS) is 9.79. The number of carbonyl (C=O) groups is 2. The van der Waals surface area contributed by atoms with Crippen LogP contribution >= 0.6 is 15.9 Å². The molecule has 0 aromatic heterocycles. The van der Waals surface area contributed by atoms with Crippen LogP contribution in [-0.2, 0) is 14.3 Å². The molecule has 0 aromatic carbocycles. The van der Waals surface area contributed by atoms with Crippen LogP contribution in [0.3, 0.4) is 0 Å². The maximum absolute atomic E-state index is 10.7. The van der Waals surface area contributed by atoms with Gasteiger partial charge in [-0.2, -0.15) is 0 Å². The van der Waals surface area contributed by atoms with Gasteiger partial charge in [0.15, 0.2) is 0 Å². The molecule has 82 valence electrons. The van der Waals surface area contributed by atoms with Gasteiger partial charge in [0, 0.05) is 6.42 Å². The van der Waals surface area contributed by atoms with E-state index in [-0.39, 0.29) is 11.3 Å². The molecule has 0 saturated heterocycles. The lowest BCUT2D eigenvalue weighted by atomic mass is 10.1. The summed E-state index contributed by atoms with van der Waals surface area (Å²) >= 11 is 3.02. The Hall–Kier alpha value is -0.380. The van der Waals surface area contributed by atoms with Gasteiger partial charge in [-0.3, -0.25) is 4.79 Å². The first kappa shape index (κ1) is 13.6. The number of ether oxygens (including phenoxy) is 1. The van der Waals surface area contributed by atoms with E-state index in [4.69, 9.17) is 4.74 Å². The Morgan fingerprint density at radius 1 is 1.14 bits per heavy atom. The molecule has 0 radical (unpaired) electrons.